The fraction of sp³-hybridized carbons (Fsp3) is 0.342. The van der Waals surface area contributed by atoms with Crippen molar-refractivity contribution < 1.29 is 9.47 Å². The minimum atomic E-state index is -0.138. The van der Waals surface area contributed by atoms with Gasteiger partial charge in [-0.05, 0) is 256 Å². The van der Waals surface area contributed by atoms with E-state index in [-0.39, 0.29) is 17.7 Å². The lowest BCUT2D eigenvalue weighted by molar-refractivity contribution is 0.0381. The topological polar surface area (TPSA) is 26.6 Å². The van der Waals surface area contributed by atoms with Gasteiger partial charge in [-0.1, -0.05) is 99.6 Å². The third-order valence-electron chi connectivity index (χ3n) is 24.4. The molecule has 1 aromatic heterocycles. The Morgan fingerprint density at radius 1 is 0.513 bits per heavy atom. The Labute approximate surface area is 457 Å². The summed E-state index contributed by atoms with van der Waals surface area (Å²) in [7, 11) is 0. The number of fused-ring (bicyclic) bond motifs is 11. The van der Waals surface area contributed by atoms with Crippen LogP contribution in [0, 0.1) is 53.3 Å². The smallest absolute Gasteiger partial charge is 0.333 e. The lowest BCUT2D eigenvalue weighted by Crippen LogP contribution is -2.56. The zero-order valence-electron chi connectivity index (χ0n) is 45.3. The molecule has 9 aromatic rings. The van der Waals surface area contributed by atoms with E-state index in [0.29, 0.717) is 16.2 Å². The number of anilines is 3. The average Bonchev–Trinajstić information content (AvgIpc) is 4.51. The van der Waals surface area contributed by atoms with Crippen molar-refractivity contribution >= 4 is 56.6 Å². The number of para-hydroxylation sites is 2. The number of aryl methyl sites for hydroxylation is 1. The Morgan fingerprint density at radius 2 is 1.19 bits per heavy atom. The van der Waals surface area contributed by atoms with Gasteiger partial charge in [0.1, 0.15) is 0 Å². The molecular weight excluding hydrogens is 948 g/mol. The Hall–Kier alpha value is -6.98. The number of nitrogens with zero attached hydrogens (tertiary/aromatic N) is 2. The molecule has 4 heterocycles. The van der Waals surface area contributed by atoms with E-state index in [9.17, 15) is 0 Å². The summed E-state index contributed by atoms with van der Waals surface area (Å²) in [4.78, 5) is 2.64. The summed E-state index contributed by atoms with van der Waals surface area (Å²) in [5.41, 5.74) is 24.3. The summed E-state index contributed by atoms with van der Waals surface area (Å²) in [5.74, 6) is 8.68. The molecule has 10 fully saturated rings. The van der Waals surface area contributed by atoms with Gasteiger partial charge in [0, 0.05) is 50.4 Å². The highest BCUT2D eigenvalue weighted by Gasteiger charge is 2.77. The van der Waals surface area contributed by atoms with Crippen molar-refractivity contribution in [1.29, 1.82) is 0 Å². The highest BCUT2D eigenvalue weighted by molar-refractivity contribution is 6.90. The monoisotopic (exact) mass is 1010 g/mol. The van der Waals surface area contributed by atoms with Crippen LogP contribution >= 0.6 is 0 Å². The Kier molecular flexibility index (Phi) is 7.55. The first-order valence-electron chi connectivity index (χ1n) is 30.0. The van der Waals surface area contributed by atoms with Crippen LogP contribution in [0.1, 0.15) is 107 Å². The Bertz CT molecular complexity index is 4250. The highest BCUT2D eigenvalue weighted by atomic mass is 16.6. The maximum absolute atomic E-state index is 6.98. The molecule has 0 N–H and O–H groups in total. The molecule has 0 saturated heterocycles. The van der Waals surface area contributed by atoms with Crippen LogP contribution in [0.5, 0.6) is 23.0 Å². The molecule has 13 aliphatic rings. The van der Waals surface area contributed by atoms with Crippen molar-refractivity contribution in [2.45, 2.75) is 108 Å². The number of hydrogen-bond acceptors (Lipinski definition) is 3. The van der Waals surface area contributed by atoms with Gasteiger partial charge in [-0.3, -0.25) is 0 Å². The van der Waals surface area contributed by atoms with Gasteiger partial charge in [-0.2, -0.15) is 0 Å². The number of rotatable bonds is 5. The Balaban J connectivity index is 0.909. The largest absolute Gasteiger partial charge is 0.450 e. The van der Waals surface area contributed by atoms with Crippen LogP contribution in [-0.2, 0) is 16.2 Å². The third kappa shape index (κ3) is 4.99. The van der Waals surface area contributed by atoms with Gasteiger partial charge in [-0.15, -0.1) is 0 Å². The van der Waals surface area contributed by atoms with E-state index >= 15 is 0 Å². The average molecular weight is 1010 g/mol. The zero-order valence-corrected chi connectivity index (χ0v) is 45.3. The Morgan fingerprint density at radius 3 is 1.90 bits per heavy atom. The third-order valence-corrected chi connectivity index (χ3v) is 24.4. The van der Waals surface area contributed by atoms with Crippen molar-refractivity contribution in [1.82, 2.24) is 4.48 Å². The molecule has 8 aromatic carbocycles. The van der Waals surface area contributed by atoms with Gasteiger partial charge >= 0.3 is 6.85 Å². The molecule has 380 valence electrons. The first-order valence-corrected chi connectivity index (χ1v) is 30.0. The first-order chi connectivity index (χ1) is 38.0. The maximum Gasteiger partial charge on any atom is 0.333 e. The molecule has 10 aliphatic carbocycles. The summed E-state index contributed by atoms with van der Waals surface area (Å²) in [6, 6.07) is 59.1. The first kappa shape index (κ1) is 43.0. The molecule has 4 nitrogen and oxygen atoms in total. The molecule has 2 spiro atoms. The van der Waals surface area contributed by atoms with Crippen LogP contribution in [0.15, 0.2) is 152 Å². The lowest BCUT2D eigenvalue weighted by Gasteiger charge is -2.45. The van der Waals surface area contributed by atoms with E-state index in [4.69, 9.17) is 9.47 Å². The van der Waals surface area contributed by atoms with Crippen molar-refractivity contribution in [2.75, 3.05) is 4.90 Å². The molecular formula is C73H63BN2O2. The molecule has 10 atom stereocenters. The molecule has 10 saturated carbocycles. The molecule has 6 bridgehead atoms. The summed E-state index contributed by atoms with van der Waals surface area (Å²) in [5, 5.41) is 2.94. The summed E-state index contributed by atoms with van der Waals surface area (Å²) >= 11 is 0. The van der Waals surface area contributed by atoms with Gasteiger partial charge in [0.15, 0.2) is 23.0 Å². The second kappa shape index (κ2) is 13.7. The van der Waals surface area contributed by atoms with E-state index in [1.165, 1.54) is 147 Å². The molecule has 78 heavy (non-hydrogen) atoms. The molecule has 3 aliphatic heterocycles. The fourth-order valence-corrected chi connectivity index (χ4v) is 21.5. The predicted octanol–water partition coefficient (Wildman–Crippen LogP) is 17.2. The van der Waals surface area contributed by atoms with Gasteiger partial charge < -0.3 is 18.9 Å². The van der Waals surface area contributed by atoms with Crippen molar-refractivity contribution in [3.05, 3.63) is 174 Å². The van der Waals surface area contributed by atoms with E-state index in [1.807, 2.05) is 24.3 Å². The number of benzene rings is 8. The second-order valence-electron chi connectivity index (χ2n) is 28.6. The predicted molar refractivity (Wildman–Crippen MR) is 316 cm³/mol. The number of ether oxygens (including phenoxy) is 2. The van der Waals surface area contributed by atoms with E-state index in [1.54, 1.807) is 11.1 Å². The number of aromatic nitrogens is 1. The van der Waals surface area contributed by atoms with E-state index < -0.39 is 0 Å². The van der Waals surface area contributed by atoms with Crippen molar-refractivity contribution in [3.63, 3.8) is 0 Å². The molecule has 0 radical (unpaired) electrons. The van der Waals surface area contributed by atoms with Crippen LogP contribution in [0.25, 0.3) is 55.2 Å². The minimum absolute atomic E-state index is 0.0507. The minimum Gasteiger partial charge on any atom is -0.450 e. The van der Waals surface area contributed by atoms with Crippen LogP contribution in [0.3, 0.4) is 0 Å². The normalized spacial score (nSPS) is 31.4. The molecule has 22 rings (SSSR count). The van der Waals surface area contributed by atoms with Gasteiger partial charge in [0.2, 0.25) is 0 Å². The number of hydrogen-bond donors (Lipinski definition) is 0. The van der Waals surface area contributed by atoms with E-state index in [2.05, 4.69) is 164 Å². The second-order valence-corrected chi connectivity index (χ2v) is 28.6. The van der Waals surface area contributed by atoms with Crippen LogP contribution in [0.4, 0.5) is 17.1 Å². The van der Waals surface area contributed by atoms with Gasteiger partial charge in [0.25, 0.3) is 0 Å². The summed E-state index contributed by atoms with van der Waals surface area (Å²) < 4.78 is 16.8. The maximum atomic E-state index is 6.98. The van der Waals surface area contributed by atoms with Crippen LogP contribution in [-0.4, -0.2) is 11.3 Å². The molecule has 5 heteroatoms. The SMILES string of the molecule is Cc1ccccc1-c1cc2c3c(c1)N(c1ccc(C(C)(C)C)cc1-c1ccccc1)c1cc4c(cc1B3n1c3ccc(C56CC7CC8CC7(C5)C8C6)cc3c3cc(C56CC7CC8CC7(C5)C8C6)cc-2c31)Oc1ccccc1O4. The fourth-order valence-electron chi connectivity index (χ4n) is 21.5. The van der Waals surface area contributed by atoms with E-state index in [0.717, 1.165) is 69.9 Å². The summed E-state index contributed by atoms with van der Waals surface area (Å²) in [6.45, 7) is 9.18. The summed E-state index contributed by atoms with van der Waals surface area (Å²) in [6.07, 6.45) is 14.3. The van der Waals surface area contributed by atoms with Crippen molar-refractivity contribution in [2.24, 2.45) is 46.3 Å². The van der Waals surface area contributed by atoms with Crippen LogP contribution in [0.2, 0.25) is 0 Å². The van der Waals surface area contributed by atoms with Crippen LogP contribution < -0.4 is 25.3 Å². The van der Waals surface area contributed by atoms with Gasteiger partial charge in [0.05, 0.1) is 5.69 Å². The molecule has 10 unspecified atom stereocenters. The highest BCUT2D eigenvalue weighted by Crippen LogP contribution is 2.85. The van der Waals surface area contributed by atoms with Gasteiger partial charge in [-0.25, -0.2) is 0 Å². The van der Waals surface area contributed by atoms with Crippen molar-refractivity contribution in [3.8, 4) is 56.4 Å². The standard InChI is InChI=1S/C73H63BN2O2/c1-40-12-8-9-15-50(40)42-24-53-55-29-47(71-35-49-23-44-33-73(49,39-71)57(44)37-71)28-54-52-27-46(70-34-48-22-43-32-72(48,38-70)56(43)36-70)19-21-60(52)76(68(54)55)74-58-30-65-66(78-64-17-11-10-16-63(64)77-65)31-61(58)75(62(25-42)67(53)74)59-20-18-45(69(2,3)4)26-51(59)41-13-6-5-7-14-41/h5-21,24-31,43-44,48-49,56-57H,22-23,32-39H2,1-4H3. The lowest BCUT2D eigenvalue weighted by atomic mass is 9.45. The quantitative estimate of drug-likeness (QED) is 0.161. The molecule has 0 amide bonds. The zero-order chi connectivity index (χ0) is 51.1.